The summed E-state index contributed by atoms with van der Waals surface area (Å²) in [5, 5.41) is 3.54. The second-order valence-corrected chi connectivity index (χ2v) is 3.49. The Kier molecular flexibility index (Phi) is 1.66. The van der Waals surface area contributed by atoms with Crippen molar-refractivity contribution >= 4 is 0 Å². The Morgan fingerprint density at radius 3 is 3.10 bits per heavy atom. The Hall–Kier alpha value is -0.0800. The summed E-state index contributed by atoms with van der Waals surface area (Å²) in [5.41, 5.74) is 0. The number of hydrogen-bond acceptors (Lipinski definition) is 2. The highest BCUT2D eigenvalue weighted by molar-refractivity contribution is 4.85. The molecule has 2 aliphatic heterocycles. The third-order valence-electron chi connectivity index (χ3n) is 2.80. The zero-order valence-corrected chi connectivity index (χ0v) is 6.64. The maximum atomic E-state index is 3.54. The van der Waals surface area contributed by atoms with Crippen molar-refractivity contribution in [1.29, 1.82) is 0 Å². The number of nitrogens with zero attached hydrogens (tertiary/aromatic N) is 1. The van der Waals surface area contributed by atoms with Gasteiger partial charge in [0, 0.05) is 12.6 Å². The molecule has 2 saturated heterocycles. The molecule has 2 fully saturated rings. The summed E-state index contributed by atoms with van der Waals surface area (Å²) in [6.07, 6.45) is 4.81. The molecule has 0 aromatic carbocycles. The van der Waals surface area contributed by atoms with E-state index >= 15 is 0 Å². The van der Waals surface area contributed by atoms with Gasteiger partial charge in [0.25, 0.3) is 0 Å². The molecule has 0 spiro atoms. The number of rotatable bonds is 0. The fraction of sp³-hybridized carbons (Fsp3) is 1.00. The summed E-state index contributed by atoms with van der Waals surface area (Å²) in [4.78, 5) is 2.60. The molecule has 58 valence electrons. The molecule has 2 nitrogen and oxygen atoms in total. The van der Waals surface area contributed by atoms with Crippen molar-refractivity contribution in [3.05, 3.63) is 0 Å². The smallest absolute Gasteiger partial charge is 0.0599 e. The van der Waals surface area contributed by atoms with Crippen LogP contribution in [-0.2, 0) is 0 Å². The van der Waals surface area contributed by atoms with Gasteiger partial charge in [-0.3, -0.25) is 4.90 Å². The Morgan fingerprint density at radius 1 is 1.40 bits per heavy atom. The molecule has 0 aromatic heterocycles. The maximum absolute atomic E-state index is 3.54. The summed E-state index contributed by atoms with van der Waals surface area (Å²) in [6.45, 7) is 4.89. The van der Waals surface area contributed by atoms with Crippen molar-refractivity contribution in [3.8, 4) is 0 Å². The molecule has 2 rings (SSSR count). The van der Waals surface area contributed by atoms with Gasteiger partial charge in [0.15, 0.2) is 0 Å². The monoisotopic (exact) mass is 140 g/mol. The van der Waals surface area contributed by atoms with Gasteiger partial charge in [0.1, 0.15) is 0 Å². The normalized spacial score (nSPS) is 41.7. The largest absolute Gasteiger partial charge is 0.302 e. The van der Waals surface area contributed by atoms with E-state index < -0.39 is 0 Å². The Labute approximate surface area is 62.6 Å². The van der Waals surface area contributed by atoms with Crippen molar-refractivity contribution in [2.45, 2.75) is 38.4 Å². The molecular weight excluding hydrogens is 124 g/mol. The van der Waals surface area contributed by atoms with E-state index in [0.29, 0.717) is 0 Å². The average molecular weight is 140 g/mol. The SMILES string of the molecule is C[C@@H]1CCN[C@H]2CCCN12. The number of fused-ring (bicyclic) bond motifs is 1. The van der Waals surface area contributed by atoms with Crippen LogP contribution in [0.3, 0.4) is 0 Å². The van der Waals surface area contributed by atoms with Gasteiger partial charge >= 0.3 is 0 Å². The van der Waals surface area contributed by atoms with Gasteiger partial charge in [-0.15, -0.1) is 0 Å². The standard InChI is InChI=1S/C8H16N2/c1-7-4-5-9-8-3-2-6-10(7)8/h7-9H,2-6H2,1H3/t7-,8-/m1/s1. The zero-order valence-electron chi connectivity index (χ0n) is 6.64. The molecular formula is C8H16N2. The van der Waals surface area contributed by atoms with Gasteiger partial charge in [0.05, 0.1) is 6.17 Å². The van der Waals surface area contributed by atoms with Crippen molar-refractivity contribution < 1.29 is 0 Å². The zero-order chi connectivity index (χ0) is 6.97. The molecule has 2 heterocycles. The maximum Gasteiger partial charge on any atom is 0.0599 e. The quantitative estimate of drug-likeness (QED) is 0.535. The lowest BCUT2D eigenvalue weighted by atomic mass is 10.1. The first-order valence-electron chi connectivity index (χ1n) is 4.37. The number of nitrogens with one attached hydrogen (secondary N) is 1. The molecule has 1 N–H and O–H groups in total. The lowest BCUT2D eigenvalue weighted by Crippen LogP contribution is -2.51. The van der Waals surface area contributed by atoms with E-state index in [0.717, 1.165) is 12.2 Å². The van der Waals surface area contributed by atoms with Crippen LogP contribution in [0.5, 0.6) is 0 Å². The highest BCUT2D eigenvalue weighted by atomic mass is 15.3. The summed E-state index contributed by atoms with van der Waals surface area (Å²) in [7, 11) is 0. The first kappa shape index (κ1) is 6.62. The van der Waals surface area contributed by atoms with Gasteiger partial charge in [-0.2, -0.15) is 0 Å². The first-order valence-corrected chi connectivity index (χ1v) is 4.37. The molecule has 0 bridgehead atoms. The van der Waals surface area contributed by atoms with Crippen LogP contribution < -0.4 is 5.32 Å². The minimum Gasteiger partial charge on any atom is -0.302 e. The molecule has 0 radical (unpaired) electrons. The van der Waals surface area contributed by atoms with Crippen LogP contribution in [-0.4, -0.2) is 30.2 Å². The van der Waals surface area contributed by atoms with E-state index in [1.807, 2.05) is 0 Å². The van der Waals surface area contributed by atoms with E-state index in [2.05, 4.69) is 17.1 Å². The van der Waals surface area contributed by atoms with Crippen LogP contribution in [0.2, 0.25) is 0 Å². The van der Waals surface area contributed by atoms with E-state index in [1.165, 1.54) is 32.4 Å². The van der Waals surface area contributed by atoms with Crippen LogP contribution in [0.4, 0.5) is 0 Å². The molecule has 2 aliphatic rings. The van der Waals surface area contributed by atoms with Gasteiger partial charge < -0.3 is 5.32 Å². The van der Waals surface area contributed by atoms with E-state index in [9.17, 15) is 0 Å². The number of hydrogen-bond donors (Lipinski definition) is 1. The predicted octanol–water partition coefficient (Wildman–Crippen LogP) is 0.790. The minimum absolute atomic E-state index is 0.726. The molecule has 2 atom stereocenters. The Balaban J connectivity index is 2.03. The summed E-state index contributed by atoms with van der Waals surface area (Å²) in [6, 6.07) is 0.828. The molecule has 0 unspecified atom stereocenters. The highest BCUT2D eigenvalue weighted by Crippen LogP contribution is 2.22. The molecule has 0 saturated carbocycles. The van der Waals surface area contributed by atoms with Crippen molar-refractivity contribution in [3.63, 3.8) is 0 Å². The minimum atomic E-state index is 0.726. The lowest BCUT2D eigenvalue weighted by molar-refractivity contribution is 0.121. The Bertz CT molecular complexity index is 124. The topological polar surface area (TPSA) is 15.3 Å². The third-order valence-corrected chi connectivity index (χ3v) is 2.80. The van der Waals surface area contributed by atoms with Crippen LogP contribution in [0.15, 0.2) is 0 Å². The van der Waals surface area contributed by atoms with Crippen LogP contribution >= 0.6 is 0 Å². The molecule has 0 aliphatic carbocycles. The van der Waals surface area contributed by atoms with Gasteiger partial charge in [0.2, 0.25) is 0 Å². The second-order valence-electron chi connectivity index (χ2n) is 3.49. The van der Waals surface area contributed by atoms with E-state index in [1.54, 1.807) is 0 Å². The van der Waals surface area contributed by atoms with Crippen LogP contribution in [0, 0.1) is 0 Å². The molecule has 10 heavy (non-hydrogen) atoms. The molecule has 2 heteroatoms. The highest BCUT2D eigenvalue weighted by Gasteiger charge is 2.30. The summed E-state index contributed by atoms with van der Waals surface area (Å²) in [5.74, 6) is 0. The fourth-order valence-electron chi connectivity index (χ4n) is 2.16. The van der Waals surface area contributed by atoms with Crippen molar-refractivity contribution in [1.82, 2.24) is 10.2 Å². The third kappa shape index (κ3) is 0.956. The second kappa shape index (κ2) is 2.51. The van der Waals surface area contributed by atoms with Crippen LogP contribution in [0.25, 0.3) is 0 Å². The summed E-state index contributed by atoms with van der Waals surface area (Å²) < 4.78 is 0. The van der Waals surface area contributed by atoms with Crippen molar-refractivity contribution in [2.75, 3.05) is 13.1 Å². The average Bonchev–Trinajstić information content (AvgIpc) is 2.36. The van der Waals surface area contributed by atoms with E-state index in [-0.39, 0.29) is 0 Å². The van der Waals surface area contributed by atoms with Gasteiger partial charge in [-0.1, -0.05) is 0 Å². The van der Waals surface area contributed by atoms with Gasteiger partial charge in [-0.25, -0.2) is 0 Å². The summed E-state index contributed by atoms with van der Waals surface area (Å²) >= 11 is 0. The van der Waals surface area contributed by atoms with Gasteiger partial charge in [-0.05, 0) is 32.7 Å². The lowest BCUT2D eigenvalue weighted by Gasteiger charge is -2.36. The molecule has 0 amide bonds. The first-order chi connectivity index (χ1) is 4.88. The van der Waals surface area contributed by atoms with Crippen LogP contribution in [0.1, 0.15) is 26.2 Å². The molecule has 0 aromatic rings. The fourth-order valence-corrected chi connectivity index (χ4v) is 2.16. The predicted molar refractivity (Wildman–Crippen MR) is 41.8 cm³/mol. The van der Waals surface area contributed by atoms with E-state index in [4.69, 9.17) is 0 Å². The Morgan fingerprint density at radius 2 is 2.30 bits per heavy atom. The van der Waals surface area contributed by atoms with Crippen molar-refractivity contribution in [2.24, 2.45) is 0 Å².